The van der Waals surface area contributed by atoms with Crippen molar-refractivity contribution in [1.29, 1.82) is 0 Å². The molecule has 0 aromatic carbocycles. The lowest BCUT2D eigenvalue weighted by atomic mass is 10.1. The Kier molecular flexibility index (Phi) is 10.4. The molecule has 3 rings (SSSR count). The van der Waals surface area contributed by atoms with Gasteiger partial charge in [-0.1, -0.05) is 19.9 Å². The number of terminal acetylenes is 1. The van der Waals surface area contributed by atoms with Crippen molar-refractivity contribution in [3.8, 4) is 12.3 Å². The summed E-state index contributed by atoms with van der Waals surface area (Å²) in [5.41, 5.74) is 3.99. The Morgan fingerprint density at radius 1 is 1.33 bits per heavy atom. The van der Waals surface area contributed by atoms with Gasteiger partial charge in [-0.2, -0.15) is 0 Å². The summed E-state index contributed by atoms with van der Waals surface area (Å²) in [6, 6.07) is 6.13. The Balaban J connectivity index is 0.000000665. The summed E-state index contributed by atoms with van der Waals surface area (Å²) in [5, 5.41) is 3.36. The summed E-state index contributed by atoms with van der Waals surface area (Å²) in [4.78, 5) is 19.3. The van der Waals surface area contributed by atoms with Gasteiger partial charge in [-0.15, -0.1) is 12.3 Å². The second-order valence-corrected chi connectivity index (χ2v) is 5.77. The number of aromatic amines is 1. The van der Waals surface area contributed by atoms with E-state index in [1.54, 1.807) is 13.8 Å². The van der Waals surface area contributed by atoms with E-state index in [1.807, 2.05) is 26.1 Å². The van der Waals surface area contributed by atoms with Crippen molar-refractivity contribution in [2.75, 3.05) is 18.5 Å². The average Bonchev–Trinajstić information content (AvgIpc) is 3.18. The van der Waals surface area contributed by atoms with E-state index in [-0.39, 0.29) is 5.97 Å². The summed E-state index contributed by atoms with van der Waals surface area (Å²) >= 11 is 0. The van der Waals surface area contributed by atoms with Crippen LogP contribution in [0.15, 0.2) is 24.4 Å². The summed E-state index contributed by atoms with van der Waals surface area (Å²) in [5.74, 6) is 2.98. The minimum Gasteiger partial charge on any atom is -0.461 e. The van der Waals surface area contributed by atoms with Gasteiger partial charge in [-0.3, -0.25) is 0 Å². The first-order valence-electron chi connectivity index (χ1n) is 9.62. The van der Waals surface area contributed by atoms with E-state index in [9.17, 15) is 4.79 Å². The molecule has 1 aliphatic heterocycles. The fourth-order valence-electron chi connectivity index (χ4n) is 2.69. The van der Waals surface area contributed by atoms with Gasteiger partial charge in [0, 0.05) is 18.4 Å². The maximum Gasteiger partial charge on any atom is 0.354 e. The SMILES string of the molecule is C#CC.CC.CCOC(=O)c1cc(CCc2ccc3c(n2)NCCC3)c[nH]1. The van der Waals surface area contributed by atoms with Crippen LogP contribution in [-0.4, -0.2) is 29.1 Å². The number of pyridine rings is 1. The topological polar surface area (TPSA) is 67.0 Å². The van der Waals surface area contributed by atoms with Crippen molar-refractivity contribution in [2.45, 2.75) is 53.4 Å². The Labute approximate surface area is 162 Å². The molecule has 1 aliphatic rings. The van der Waals surface area contributed by atoms with Gasteiger partial charge < -0.3 is 15.0 Å². The standard InChI is InChI=1S/C17H21N3O2.C3H4.C2H6/c1-2-22-17(21)15-10-12(11-19-15)5-7-14-8-6-13-4-3-9-18-16(13)20-14;1-3-2;1-2/h6,8,10-11,19H,2-5,7,9H2,1H3,(H,18,20);1H,2H3;1-2H3. The van der Waals surface area contributed by atoms with Crippen molar-refractivity contribution >= 4 is 11.8 Å². The highest BCUT2D eigenvalue weighted by molar-refractivity contribution is 5.87. The fraction of sp³-hybridized carbons (Fsp3) is 0.455. The van der Waals surface area contributed by atoms with Gasteiger partial charge in [0.15, 0.2) is 0 Å². The van der Waals surface area contributed by atoms with Crippen molar-refractivity contribution in [3.05, 3.63) is 46.9 Å². The molecule has 0 amide bonds. The molecule has 5 heteroatoms. The summed E-state index contributed by atoms with van der Waals surface area (Å²) < 4.78 is 4.98. The van der Waals surface area contributed by atoms with Crippen LogP contribution in [0.5, 0.6) is 0 Å². The van der Waals surface area contributed by atoms with Crippen molar-refractivity contribution < 1.29 is 9.53 Å². The molecule has 2 aromatic heterocycles. The second-order valence-electron chi connectivity index (χ2n) is 5.77. The first kappa shape index (κ1) is 22.3. The summed E-state index contributed by atoms with van der Waals surface area (Å²) in [6.45, 7) is 8.85. The fourth-order valence-corrected chi connectivity index (χ4v) is 2.69. The normalized spacial score (nSPS) is 11.4. The number of fused-ring (bicyclic) bond motifs is 1. The van der Waals surface area contributed by atoms with E-state index in [0.717, 1.165) is 42.9 Å². The maximum absolute atomic E-state index is 11.6. The minimum absolute atomic E-state index is 0.301. The molecular formula is C22H31N3O2. The van der Waals surface area contributed by atoms with Crippen LogP contribution in [0.25, 0.3) is 0 Å². The second kappa shape index (κ2) is 12.6. The quantitative estimate of drug-likeness (QED) is 0.606. The molecule has 146 valence electrons. The van der Waals surface area contributed by atoms with Crippen LogP contribution in [0.2, 0.25) is 0 Å². The number of esters is 1. The number of anilines is 1. The largest absolute Gasteiger partial charge is 0.461 e. The maximum atomic E-state index is 11.6. The van der Waals surface area contributed by atoms with Crippen molar-refractivity contribution in [2.24, 2.45) is 0 Å². The molecule has 0 aliphatic carbocycles. The van der Waals surface area contributed by atoms with Gasteiger partial charge in [0.2, 0.25) is 0 Å². The monoisotopic (exact) mass is 369 g/mol. The number of H-pyrrole nitrogens is 1. The number of rotatable bonds is 5. The third-order valence-electron chi connectivity index (χ3n) is 3.86. The van der Waals surface area contributed by atoms with Crippen LogP contribution in [0.4, 0.5) is 5.82 Å². The highest BCUT2D eigenvalue weighted by Crippen LogP contribution is 2.20. The number of nitrogens with one attached hydrogen (secondary N) is 2. The van der Waals surface area contributed by atoms with Gasteiger partial charge in [0.1, 0.15) is 11.5 Å². The van der Waals surface area contributed by atoms with Crippen molar-refractivity contribution in [3.63, 3.8) is 0 Å². The van der Waals surface area contributed by atoms with Crippen LogP contribution in [0.3, 0.4) is 0 Å². The van der Waals surface area contributed by atoms with E-state index in [2.05, 4.69) is 39.8 Å². The lowest BCUT2D eigenvalue weighted by molar-refractivity contribution is 0.0520. The highest BCUT2D eigenvalue weighted by atomic mass is 16.5. The van der Waals surface area contributed by atoms with Gasteiger partial charge in [0.05, 0.1) is 6.61 Å². The van der Waals surface area contributed by atoms with Crippen LogP contribution in [0, 0.1) is 12.3 Å². The molecule has 0 radical (unpaired) electrons. The van der Waals surface area contributed by atoms with Gasteiger partial charge in [0.25, 0.3) is 0 Å². The number of nitrogens with zero attached hydrogens (tertiary/aromatic N) is 1. The number of ether oxygens (including phenoxy) is 1. The summed E-state index contributed by atoms with van der Waals surface area (Å²) in [6.07, 6.45) is 10.4. The number of aromatic nitrogens is 2. The lowest BCUT2D eigenvalue weighted by Gasteiger charge is -2.17. The van der Waals surface area contributed by atoms with E-state index in [0.29, 0.717) is 12.3 Å². The van der Waals surface area contributed by atoms with E-state index >= 15 is 0 Å². The molecule has 2 aromatic rings. The number of hydrogen-bond donors (Lipinski definition) is 2. The third-order valence-corrected chi connectivity index (χ3v) is 3.86. The van der Waals surface area contributed by atoms with Gasteiger partial charge in [-0.25, -0.2) is 9.78 Å². The zero-order valence-electron chi connectivity index (χ0n) is 16.9. The smallest absolute Gasteiger partial charge is 0.354 e. The molecule has 5 nitrogen and oxygen atoms in total. The zero-order valence-corrected chi connectivity index (χ0v) is 16.9. The van der Waals surface area contributed by atoms with E-state index < -0.39 is 0 Å². The molecule has 0 spiro atoms. The van der Waals surface area contributed by atoms with Crippen molar-refractivity contribution in [1.82, 2.24) is 9.97 Å². The first-order chi connectivity index (χ1) is 13.2. The summed E-state index contributed by atoms with van der Waals surface area (Å²) in [7, 11) is 0. The Bertz CT molecular complexity index is 744. The Hall–Kier alpha value is -2.74. The van der Waals surface area contributed by atoms with Gasteiger partial charge in [-0.05, 0) is 62.8 Å². The van der Waals surface area contributed by atoms with E-state index in [1.165, 1.54) is 12.0 Å². The Morgan fingerprint density at radius 2 is 2.07 bits per heavy atom. The number of carbonyl (C=O) groups excluding carboxylic acids is 1. The van der Waals surface area contributed by atoms with Crippen LogP contribution in [0.1, 0.15) is 61.4 Å². The minimum atomic E-state index is -0.301. The van der Waals surface area contributed by atoms with Crippen LogP contribution >= 0.6 is 0 Å². The predicted molar refractivity (Wildman–Crippen MR) is 111 cm³/mol. The molecule has 3 heterocycles. The van der Waals surface area contributed by atoms with E-state index in [4.69, 9.17) is 4.74 Å². The molecular weight excluding hydrogens is 338 g/mol. The number of hydrogen-bond acceptors (Lipinski definition) is 4. The third kappa shape index (κ3) is 7.18. The molecule has 0 unspecified atom stereocenters. The molecule has 0 fully saturated rings. The molecule has 0 saturated carbocycles. The van der Waals surface area contributed by atoms with Gasteiger partial charge >= 0.3 is 5.97 Å². The average molecular weight is 370 g/mol. The Morgan fingerprint density at radius 3 is 2.78 bits per heavy atom. The molecule has 0 bridgehead atoms. The first-order valence-corrected chi connectivity index (χ1v) is 9.62. The zero-order chi connectivity index (χ0) is 20.1. The number of carbonyl (C=O) groups is 1. The van der Waals surface area contributed by atoms with Crippen LogP contribution < -0.4 is 5.32 Å². The number of aryl methyl sites for hydroxylation is 3. The predicted octanol–water partition coefficient (Wildman–Crippen LogP) is 4.40. The highest BCUT2D eigenvalue weighted by Gasteiger charge is 2.12. The molecule has 0 saturated heterocycles. The van der Waals surface area contributed by atoms with Crippen LogP contribution in [-0.2, 0) is 24.0 Å². The lowest BCUT2D eigenvalue weighted by Crippen LogP contribution is -2.14. The molecule has 27 heavy (non-hydrogen) atoms. The molecule has 0 atom stereocenters. The molecule has 2 N–H and O–H groups in total.